The van der Waals surface area contributed by atoms with E-state index in [1.54, 1.807) is 0 Å². The Morgan fingerprint density at radius 2 is 0.962 bits per heavy atom. The van der Waals surface area contributed by atoms with Crippen LogP contribution in [0.15, 0.2) is 78.9 Å². The molecule has 0 amide bonds. The molecule has 3 aromatic carbocycles. The molecule has 0 saturated carbocycles. The monoisotopic (exact) mass is 377 g/mol. The standard InChI is InChI=1S/C21H13Cl2N3/c22-20-24-19(25-21(23)26-20)18-8-4-7-17(13-18)16-11-9-15(10-12-16)14-5-2-1-3-6-14/h1-13H. The second kappa shape index (κ2) is 7.24. The van der Waals surface area contributed by atoms with Crippen molar-refractivity contribution in [1.82, 2.24) is 15.0 Å². The zero-order valence-electron chi connectivity index (χ0n) is 13.6. The van der Waals surface area contributed by atoms with Gasteiger partial charge in [0.05, 0.1) is 0 Å². The molecule has 0 fully saturated rings. The maximum Gasteiger partial charge on any atom is 0.227 e. The first kappa shape index (κ1) is 16.7. The topological polar surface area (TPSA) is 38.7 Å². The highest BCUT2D eigenvalue weighted by molar-refractivity contribution is 6.31. The fraction of sp³-hybridized carbons (Fsp3) is 0. The molecular weight excluding hydrogens is 365 g/mol. The Morgan fingerprint density at radius 3 is 1.62 bits per heavy atom. The van der Waals surface area contributed by atoms with Crippen LogP contribution in [0.2, 0.25) is 10.6 Å². The highest BCUT2D eigenvalue weighted by Gasteiger charge is 2.08. The van der Waals surface area contributed by atoms with Gasteiger partial charge in [0.25, 0.3) is 0 Å². The van der Waals surface area contributed by atoms with Gasteiger partial charge in [-0.1, -0.05) is 72.8 Å². The number of rotatable bonds is 3. The fourth-order valence-corrected chi connectivity index (χ4v) is 3.14. The summed E-state index contributed by atoms with van der Waals surface area (Å²) in [4.78, 5) is 12.1. The van der Waals surface area contributed by atoms with Crippen LogP contribution < -0.4 is 0 Å². The van der Waals surface area contributed by atoms with Gasteiger partial charge in [-0.05, 0) is 51.5 Å². The Balaban J connectivity index is 1.68. The zero-order valence-corrected chi connectivity index (χ0v) is 15.1. The summed E-state index contributed by atoms with van der Waals surface area (Å²) in [7, 11) is 0. The molecule has 0 radical (unpaired) electrons. The predicted octanol–water partition coefficient (Wildman–Crippen LogP) is 6.18. The molecule has 3 nitrogen and oxygen atoms in total. The molecule has 0 aliphatic heterocycles. The summed E-state index contributed by atoms with van der Waals surface area (Å²) < 4.78 is 0. The van der Waals surface area contributed by atoms with E-state index < -0.39 is 0 Å². The van der Waals surface area contributed by atoms with E-state index in [1.165, 1.54) is 11.1 Å². The van der Waals surface area contributed by atoms with Crippen molar-refractivity contribution in [3.63, 3.8) is 0 Å². The zero-order chi connectivity index (χ0) is 17.9. The van der Waals surface area contributed by atoms with Crippen molar-refractivity contribution in [1.29, 1.82) is 0 Å². The summed E-state index contributed by atoms with van der Waals surface area (Å²) in [5.74, 6) is 0.456. The van der Waals surface area contributed by atoms with Gasteiger partial charge in [-0.25, -0.2) is 0 Å². The molecule has 0 spiro atoms. The van der Waals surface area contributed by atoms with Crippen molar-refractivity contribution in [3.05, 3.63) is 89.4 Å². The van der Waals surface area contributed by atoms with Crippen molar-refractivity contribution in [3.8, 4) is 33.6 Å². The van der Waals surface area contributed by atoms with Gasteiger partial charge in [0.2, 0.25) is 10.6 Å². The van der Waals surface area contributed by atoms with Gasteiger partial charge in [0.15, 0.2) is 5.82 Å². The van der Waals surface area contributed by atoms with E-state index in [9.17, 15) is 0 Å². The molecular formula is C21H13Cl2N3. The lowest BCUT2D eigenvalue weighted by molar-refractivity contribution is 1.06. The van der Waals surface area contributed by atoms with Crippen LogP contribution in [0.4, 0.5) is 0 Å². The second-order valence-corrected chi connectivity index (χ2v) is 6.40. The third kappa shape index (κ3) is 3.59. The van der Waals surface area contributed by atoms with Gasteiger partial charge in [0, 0.05) is 5.56 Å². The maximum absolute atomic E-state index is 5.89. The summed E-state index contributed by atoms with van der Waals surface area (Å²) in [5.41, 5.74) is 5.39. The second-order valence-electron chi connectivity index (χ2n) is 5.72. The normalized spacial score (nSPS) is 10.7. The van der Waals surface area contributed by atoms with Gasteiger partial charge < -0.3 is 0 Å². The number of hydrogen-bond donors (Lipinski definition) is 0. The fourth-order valence-electron chi connectivity index (χ4n) is 2.78. The maximum atomic E-state index is 5.89. The first-order chi connectivity index (χ1) is 12.7. The highest BCUT2D eigenvalue weighted by atomic mass is 35.5. The van der Waals surface area contributed by atoms with Gasteiger partial charge in [-0.3, -0.25) is 0 Å². The Bertz CT molecular complexity index is 1030. The lowest BCUT2D eigenvalue weighted by atomic mass is 9.99. The molecule has 0 bridgehead atoms. The van der Waals surface area contributed by atoms with E-state index in [1.807, 2.05) is 42.5 Å². The van der Waals surface area contributed by atoms with Gasteiger partial charge in [-0.15, -0.1) is 0 Å². The van der Waals surface area contributed by atoms with Crippen molar-refractivity contribution in [2.75, 3.05) is 0 Å². The molecule has 0 aliphatic rings. The molecule has 1 aromatic heterocycles. The van der Waals surface area contributed by atoms with Crippen molar-refractivity contribution < 1.29 is 0 Å². The molecule has 0 saturated heterocycles. The SMILES string of the molecule is Clc1nc(Cl)nc(-c2cccc(-c3ccc(-c4ccccc4)cc3)c2)n1. The Hall–Kier alpha value is -2.75. The summed E-state index contributed by atoms with van der Waals surface area (Å²) >= 11 is 11.8. The minimum atomic E-state index is 0.0811. The van der Waals surface area contributed by atoms with E-state index in [2.05, 4.69) is 51.4 Å². The predicted molar refractivity (Wildman–Crippen MR) is 106 cm³/mol. The van der Waals surface area contributed by atoms with Crippen LogP contribution in [-0.4, -0.2) is 15.0 Å². The van der Waals surface area contributed by atoms with Gasteiger partial charge >= 0.3 is 0 Å². The number of halogens is 2. The number of aromatic nitrogens is 3. The summed E-state index contributed by atoms with van der Waals surface area (Å²) in [6.07, 6.45) is 0. The average Bonchev–Trinajstić information content (AvgIpc) is 2.68. The van der Waals surface area contributed by atoms with Crippen LogP contribution >= 0.6 is 23.2 Å². The van der Waals surface area contributed by atoms with E-state index in [0.717, 1.165) is 16.7 Å². The summed E-state index contributed by atoms with van der Waals surface area (Å²) in [6, 6.07) is 26.7. The van der Waals surface area contributed by atoms with Gasteiger partial charge in [-0.2, -0.15) is 15.0 Å². The molecule has 4 aromatic rings. The third-order valence-electron chi connectivity index (χ3n) is 4.03. The number of nitrogens with zero attached hydrogens (tertiary/aromatic N) is 3. The van der Waals surface area contributed by atoms with Crippen LogP contribution in [0.3, 0.4) is 0 Å². The van der Waals surface area contributed by atoms with Crippen LogP contribution in [0.25, 0.3) is 33.6 Å². The molecule has 0 unspecified atom stereocenters. The molecule has 0 atom stereocenters. The number of hydrogen-bond acceptors (Lipinski definition) is 3. The van der Waals surface area contributed by atoms with Crippen molar-refractivity contribution in [2.24, 2.45) is 0 Å². The molecule has 5 heteroatoms. The van der Waals surface area contributed by atoms with Crippen molar-refractivity contribution in [2.45, 2.75) is 0 Å². The average molecular weight is 378 g/mol. The smallest absolute Gasteiger partial charge is 0.198 e. The summed E-state index contributed by atoms with van der Waals surface area (Å²) in [5, 5.41) is 0.162. The van der Waals surface area contributed by atoms with Gasteiger partial charge in [0.1, 0.15) is 0 Å². The summed E-state index contributed by atoms with van der Waals surface area (Å²) in [6.45, 7) is 0. The molecule has 1 heterocycles. The molecule has 26 heavy (non-hydrogen) atoms. The third-order valence-corrected chi connectivity index (χ3v) is 4.37. The Kier molecular flexibility index (Phi) is 4.65. The molecule has 0 aliphatic carbocycles. The first-order valence-electron chi connectivity index (χ1n) is 8.02. The van der Waals surface area contributed by atoms with Crippen molar-refractivity contribution >= 4 is 23.2 Å². The van der Waals surface area contributed by atoms with E-state index >= 15 is 0 Å². The Labute approximate surface area is 161 Å². The molecule has 0 N–H and O–H groups in total. The quantitative estimate of drug-likeness (QED) is 0.427. The van der Waals surface area contributed by atoms with E-state index in [-0.39, 0.29) is 10.6 Å². The number of benzene rings is 3. The Morgan fingerprint density at radius 1 is 0.462 bits per heavy atom. The largest absolute Gasteiger partial charge is 0.227 e. The molecule has 4 rings (SSSR count). The lowest BCUT2D eigenvalue weighted by Gasteiger charge is -2.07. The van der Waals surface area contributed by atoms with E-state index in [4.69, 9.17) is 23.2 Å². The first-order valence-corrected chi connectivity index (χ1v) is 8.78. The van der Waals surface area contributed by atoms with Crippen LogP contribution in [0, 0.1) is 0 Å². The minimum Gasteiger partial charge on any atom is -0.198 e. The highest BCUT2D eigenvalue weighted by Crippen LogP contribution is 2.28. The molecule has 126 valence electrons. The lowest BCUT2D eigenvalue weighted by Crippen LogP contribution is -1.93. The van der Waals surface area contributed by atoms with Crippen LogP contribution in [0.1, 0.15) is 0 Å². The minimum absolute atomic E-state index is 0.0811. The van der Waals surface area contributed by atoms with E-state index in [0.29, 0.717) is 5.82 Å². The van der Waals surface area contributed by atoms with Crippen LogP contribution in [-0.2, 0) is 0 Å². The van der Waals surface area contributed by atoms with Crippen LogP contribution in [0.5, 0.6) is 0 Å².